The lowest BCUT2D eigenvalue weighted by atomic mass is 9.53. The van der Waals surface area contributed by atoms with Crippen molar-refractivity contribution in [1.29, 1.82) is 0 Å². The molecule has 174 valence electrons. The lowest BCUT2D eigenvalue weighted by Gasteiger charge is -2.51. The number of ether oxygens (including phenoxy) is 2. The zero-order valence-electron chi connectivity index (χ0n) is 18.9. The van der Waals surface area contributed by atoms with Crippen molar-refractivity contribution in [2.24, 2.45) is 23.2 Å². The Labute approximate surface area is 195 Å². The van der Waals surface area contributed by atoms with E-state index in [1.54, 1.807) is 0 Å². The second kappa shape index (κ2) is 7.43. The van der Waals surface area contributed by atoms with Crippen LogP contribution in [0, 0.1) is 23.2 Å². The fourth-order valence-electron chi connectivity index (χ4n) is 7.60. The van der Waals surface area contributed by atoms with Crippen molar-refractivity contribution in [2.75, 3.05) is 26.2 Å². The van der Waals surface area contributed by atoms with Crippen molar-refractivity contribution in [2.45, 2.75) is 69.2 Å². The van der Waals surface area contributed by atoms with E-state index in [0.29, 0.717) is 29.7 Å². The number of carbonyl (C=O) groups excluding carboxylic acids is 1. The quantitative estimate of drug-likeness (QED) is 0.543. The highest BCUT2D eigenvalue weighted by atomic mass is 35.5. The van der Waals surface area contributed by atoms with Gasteiger partial charge in [-0.25, -0.2) is 0 Å². The van der Waals surface area contributed by atoms with Crippen molar-refractivity contribution in [3.05, 3.63) is 34.9 Å². The molecule has 1 aromatic rings. The second-order valence-corrected chi connectivity index (χ2v) is 11.9. The normalized spacial score (nSPS) is 42.9. The first-order valence-corrected chi connectivity index (χ1v) is 12.7. The minimum atomic E-state index is -0.815. The van der Waals surface area contributed by atoms with E-state index < -0.39 is 5.60 Å². The van der Waals surface area contributed by atoms with E-state index >= 15 is 0 Å². The number of rotatable bonds is 3. The van der Waals surface area contributed by atoms with Crippen LogP contribution < -0.4 is 0 Å². The molecule has 3 saturated heterocycles. The number of halogens is 1. The highest BCUT2D eigenvalue weighted by Gasteiger charge is 2.65. The molecule has 5 fully saturated rings. The monoisotopic (exact) mass is 459 g/mol. The largest absolute Gasteiger partial charge is 0.462 e. The molecule has 5 nitrogen and oxygen atoms in total. The zero-order valence-corrected chi connectivity index (χ0v) is 19.7. The number of fused-ring (bicyclic) bond motifs is 3. The van der Waals surface area contributed by atoms with E-state index in [9.17, 15) is 9.90 Å². The van der Waals surface area contributed by atoms with Crippen molar-refractivity contribution < 1.29 is 19.4 Å². The molecule has 1 N–H and O–H groups in total. The Balaban J connectivity index is 1.13. The molecule has 5 aliphatic rings. The van der Waals surface area contributed by atoms with Gasteiger partial charge in [-0.05, 0) is 74.0 Å². The molecule has 1 spiro atoms. The molecule has 0 amide bonds. The third kappa shape index (κ3) is 3.43. The summed E-state index contributed by atoms with van der Waals surface area (Å²) in [6.07, 6.45) is 7.09. The Bertz CT molecular complexity index is 892. The van der Waals surface area contributed by atoms with E-state index in [-0.39, 0.29) is 29.0 Å². The van der Waals surface area contributed by atoms with Crippen molar-refractivity contribution in [3.8, 4) is 0 Å². The molecule has 32 heavy (non-hydrogen) atoms. The third-order valence-corrected chi connectivity index (χ3v) is 9.85. The van der Waals surface area contributed by atoms with Gasteiger partial charge in [0.15, 0.2) is 0 Å². The molecule has 6 atom stereocenters. The predicted octanol–water partition coefficient (Wildman–Crippen LogP) is 4.15. The van der Waals surface area contributed by atoms with Gasteiger partial charge in [-0.3, -0.25) is 4.79 Å². The van der Waals surface area contributed by atoms with E-state index in [1.165, 1.54) is 19.3 Å². The molecule has 0 bridgehead atoms. The topological polar surface area (TPSA) is 62.3 Å². The Morgan fingerprint density at radius 3 is 2.56 bits per heavy atom. The van der Waals surface area contributed by atoms with Gasteiger partial charge in [-0.1, -0.05) is 30.7 Å². The molecule has 0 aromatic heterocycles. The molecule has 2 saturated carbocycles. The minimum absolute atomic E-state index is 0.00783. The maximum Gasteiger partial charge on any atom is 0.310 e. The summed E-state index contributed by atoms with van der Waals surface area (Å²) in [6, 6.07) is 7.54. The highest BCUT2D eigenvalue weighted by Crippen LogP contribution is 2.62. The Morgan fingerprint density at radius 2 is 1.88 bits per heavy atom. The molecule has 2 aliphatic carbocycles. The summed E-state index contributed by atoms with van der Waals surface area (Å²) in [5.41, 5.74) is 0.449. The van der Waals surface area contributed by atoms with Gasteiger partial charge >= 0.3 is 5.97 Å². The van der Waals surface area contributed by atoms with Crippen LogP contribution in [0.15, 0.2) is 24.3 Å². The van der Waals surface area contributed by atoms with Gasteiger partial charge < -0.3 is 19.5 Å². The number of likely N-dealkylation sites (tertiary alicyclic amines) is 1. The molecular weight excluding hydrogens is 426 g/mol. The molecule has 6 heteroatoms. The maximum atomic E-state index is 12.9. The van der Waals surface area contributed by atoms with Crippen LogP contribution in [0.4, 0.5) is 0 Å². The van der Waals surface area contributed by atoms with E-state index in [2.05, 4.69) is 11.8 Å². The first-order valence-electron chi connectivity index (χ1n) is 12.4. The lowest BCUT2D eigenvalue weighted by Crippen LogP contribution is -2.51. The van der Waals surface area contributed by atoms with Crippen molar-refractivity contribution >= 4 is 17.6 Å². The molecule has 3 aliphatic heterocycles. The third-order valence-electron chi connectivity index (χ3n) is 9.60. The average Bonchev–Trinajstić information content (AvgIpc) is 3.47. The number of aliphatic hydroxyl groups is 1. The summed E-state index contributed by atoms with van der Waals surface area (Å²) in [6.45, 7) is 5.62. The average molecular weight is 460 g/mol. The van der Waals surface area contributed by atoms with Crippen LogP contribution in [0.25, 0.3) is 0 Å². The summed E-state index contributed by atoms with van der Waals surface area (Å²) < 4.78 is 12.0. The minimum Gasteiger partial charge on any atom is -0.462 e. The number of esters is 1. The van der Waals surface area contributed by atoms with Crippen LogP contribution in [0.3, 0.4) is 0 Å². The first-order chi connectivity index (χ1) is 15.3. The van der Waals surface area contributed by atoms with Crippen molar-refractivity contribution in [1.82, 2.24) is 4.90 Å². The number of hydrogen-bond acceptors (Lipinski definition) is 5. The number of benzene rings is 1. The summed E-state index contributed by atoms with van der Waals surface area (Å²) in [5.74, 6) is 0.797. The second-order valence-electron chi connectivity index (χ2n) is 11.4. The number of hydrogen-bond donors (Lipinski definition) is 1. The van der Waals surface area contributed by atoms with Gasteiger partial charge in [0.05, 0.1) is 23.7 Å². The van der Waals surface area contributed by atoms with E-state index in [4.69, 9.17) is 21.1 Å². The number of epoxide rings is 1. The van der Waals surface area contributed by atoms with Crippen LogP contribution in [0.2, 0.25) is 5.02 Å². The number of piperidine rings is 1. The fourth-order valence-corrected chi connectivity index (χ4v) is 7.72. The van der Waals surface area contributed by atoms with Gasteiger partial charge in [-0.15, -0.1) is 0 Å². The predicted molar refractivity (Wildman–Crippen MR) is 121 cm³/mol. The number of carbonyl (C=O) groups is 1. The van der Waals surface area contributed by atoms with Crippen LogP contribution in [-0.2, 0) is 19.9 Å². The summed E-state index contributed by atoms with van der Waals surface area (Å²) in [7, 11) is 0. The Kier molecular flexibility index (Phi) is 4.97. The van der Waals surface area contributed by atoms with Gasteiger partial charge in [0.25, 0.3) is 0 Å². The van der Waals surface area contributed by atoms with Crippen LogP contribution in [-0.4, -0.2) is 53.9 Å². The fraction of sp³-hybridized carbons (Fsp3) is 0.731. The Morgan fingerprint density at radius 1 is 1.16 bits per heavy atom. The summed E-state index contributed by atoms with van der Waals surface area (Å²) in [5, 5.41) is 11.9. The zero-order chi connectivity index (χ0) is 22.1. The summed E-state index contributed by atoms with van der Waals surface area (Å²) in [4.78, 5) is 15.3. The Hall–Kier alpha value is -1.14. The lowest BCUT2D eigenvalue weighted by molar-refractivity contribution is -0.147. The SMILES string of the molecule is C[C@]12CCCC3(CO3)C1C[C@@H]1C(CN3CCC(O)(c4ccc(Cl)cc4)CC3)C(=O)O[C@@H]1C2. The van der Waals surface area contributed by atoms with Crippen LogP contribution in [0.5, 0.6) is 0 Å². The van der Waals surface area contributed by atoms with Crippen LogP contribution >= 0.6 is 11.6 Å². The van der Waals surface area contributed by atoms with E-state index in [1.807, 2.05) is 24.3 Å². The smallest absolute Gasteiger partial charge is 0.310 e. The maximum absolute atomic E-state index is 12.9. The van der Waals surface area contributed by atoms with Crippen molar-refractivity contribution in [3.63, 3.8) is 0 Å². The molecule has 3 unspecified atom stereocenters. The molecule has 6 rings (SSSR count). The van der Waals surface area contributed by atoms with Crippen LogP contribution in [0.1, 0.15) is 57.4 Å². The summed E-state index contributed by atoms with van der Waals surface area (Å²) >= 11 is 6.02. The molecular formula is C26H34ClNO4. The highest BCUT2D eigenvalue weighted by molar-refractivity contribution is 6.30. The molecule has 1 aromatic carbocycles. The van der Waals surface area contributed by atoms with E-state index in [0.717, 1.165) is 44.6 Å². The van der Waals surface area contributed by atoms with Gasteiger partial charge in [-0.2, -0.15) is 0 Å². The standard InChI is InChI=1S/C26H34ClNO4/c1-24-7-2-8-26(16-31-26)22(24)13-19-20(23(29)32-21(19)14-24)15-28-11-9-25(30,10-12-28)17-3-5-18(27)6-4-17/h3-6,19-22,30H,2,7-16H2,1H3/t19-,20?,21-,22?,24-,26?/m1/s1. The van der Waals surface area contributed by atoms with Gasteiger partial charge in [0.1, 0.15) is 6.10 Å². The molecule has 0 radical (unpaired) electrons. The first kappa shape index (κ1) is 21.4. The molecule has 3 heterocycles. The van der Waals surface area contributed by atoms with Gasteiger partial charge in [0, 0.05) is 30.6 Å². The number of nitrogens with zero attached hydrogens (tertiary/aromatic N) is 1. The van der Waals surface area contributed by atoms with Gasteiger partial charge in [0.2, 0.25) is 0 Å².